The van der Waals surface area contributed by atoms with Crippen molar-refractivity contribution in [3.8, 4) is 0 Å². The molecule has 0 fully saturated rings. The number of rotatable bonds is 7. The van der Waals surface area contributed by atoms with Gasteiger partial charge in [0.25, 0.3) is 0 Å². The molecule has 0 unspecified atom stereocenters. The molecule has 0 saturated heterocycles. The van der Waals surface area contributed by atoms with Gasteiger partial charge in [-0.3, -0.25) is 4.79 Å². The molecule has 6 nitrogen and oxygen atoms in total. The fourth-order valence-corrected chi connectivity index (χ4v) is 4.80. The summed E-state index contributed by atoms with van der Waals surface area (Å²) in [5, 5.41) is 0.709. The zero-order valence-corrected chi connectivity index (χ0v) is 16.7. The van der Waals surface area contributed by atoms with Crippen LogP contribution in [0.25, 0.3) is 10.2 Å². The van der Waals surface area contributed by atoms with Crippen LogP contribution in [0.1, 0.15) is 22.6 Å². The minimum absolute atomic E-state index is 0.0195. The van der Waals surface area contributed by atoms with Gasteiger partial charge in [0.2, 0.25) is 10.0 Å². The number of hydrogen-bond donors (Lipinski definition) is 1. The Bertz CT molecular complexity index is 1040. The summed E-state index contributed by atoms with van der Waals surface area (Å²) in [6, 6.07) is 12.9. The molecular formula is C19H20N2O4S2. The molecule has 0 aliphatic rings. The fourth-order valence-electron chi connectivity index (χ4n) is 2.56. The Balaban J connectivity index is 1.51. The summed E-state index contributed by atoms with van der Waals surface area (Å²) in [6.45, 7) is 3.63. The summed E-state index contributed by atoms with van der Waals surface area (Å²) in [5.74, 6) is -0.474. The van der Waals surface area contributed by atoms with Crippen LogP contribution in [0.3, 0.4) is 0 Å². The first-order valence-corrected chi connectivity index (χ1v) is 10.7. The number of thiazole rings is 1. The van der Waals surface area contributed by atoms with E-state index in [1.165, 1.54) is 11.3 Å². The molecule has 0 radical (unpaired) electrons. The average Bonchev–Trinajstić information content (AvgIpc) is 3.05. The van der Waals surface area contributed by atoms with Gasteiger partial charge in [-0.15, -0.1) is 11.3 Å². The van der Waals surface area contributed by atoms with Gasteiger partial charge in [-0.2, -0.15) is 0 Å². The third-order valence-corrected chi connectivity index (χ3v) is 6.56. The molecule has 0 bridgehead atoms. The molecule has 3 rings (SSSR count). The average molecular weight is 405 g/mol. The molecule has 1 heterocycles. The first kappa shape index (κ1) is 19.5. The van der Waals surface area contributed by atoms with Crippen molar-refractivity contribution in [3.63, 3.8) is 0 Å². The molecule has 0 spiro atoms. The molecule has 8 heteroatoms. The quantitative estimate of drug-likeness (QED) is 0.611. The second-order valence-electron chi connectivity index (χ2n) is 6.15. The second-order valence-corrected chi connectivity index (χ2v) is 9.00. The molecule has 27 heavy (non-hydrogen) atoms. The highest BCUT2D eigenvalue weighted by Gasteiger charge is 2.17. The number of aryl methyl sites for hydroxylation is 2. The molecule has 0 saturated carbocycles. The minimum Gasteiger partial charge on any atom is -0.458 e. The van der Waals surface area contributed by atoms with Crippen molar-refractivity contribution in [3.05, 3.63) is 58.6 Å². The number of sulfonamides is 1. The van der Waals surface area contributed by atoms with Crippen LogP contribution >= 0.6 is 11.3 Å². The fraction of sp³-hybridized carbons (Fsp3) is 0.263. The van der Waals surface area contributed by atoms with Gasteiger partial charge in [0.15, 0.2) is 0 Å². The highest BCUT2D eigenvalue weighted by atomic mass is 32.2. The minimum atomic E-state index is -3.66. The SMILES string of the molecule is Cc1ccc(C)c(S(=O)(=O)NCCC(=O)OCc2nc3ccccc3s2)c1. The van der Waals surface area contributed by atoms with Gasteiger partial charge < -0.3 is 4.74 Å². The zero-order valence-electron chi connectivity index (χ0n) is 15.1. The van der Waals surface area contributed by atoms with E-state index in [1.54, 1.807) is 19.1 Å². The third kappa shape index (κ3) is 4.91. The van der Waals surface area contributed by atoms with Gasteiger partial charge in [0.05, 0.1) is 21.5 Å². The third-order valence-electron chi connectivity index (χ3n) is 3.95. The molecule has 0 aliphatic carbocycles. The highest BCUT2D eigenvalue weighted by Crippen LogP contribution is 2.22. The molecule has 1 N–H and O–H groups in total. The maximum absolute atomic E-state index is 12.4. The van der Waals surface area contributed by atoms with Crippen molar-refractivity contribution in [2.24, 2.45) is 0 Å². The number of para-hydroxylation sites is 1. The van der Waals surface area contributed by atoms with E-state index in [9.17, 15) is 13.2 Å². The van der Waals surface area contributed by atoms with Gasteiger partial charge in [-0.05, 0) is 43.2 Å². The van der Waals surface area contributed by atoms with E-state index in [-0.39, 0.29) is 24.5 Å². The number of ether oxygens (including phenoxy) is 1. The molecule has 1 aromatic heterocycles. The predicted molar refractivity (Wildman–Crippen MR) is 105 cm³/mol. The Morgan fingerprint density at radius 2 is 1.96 bits per heavy atom. The van der Waals surface area contributed by atoms with Crippen LogP contribution in [0, 0.1) is 13.8 Å². The van der Waals surface area contributed by atoms with Crippen molar-refractivity contribution in [1.82, 2.24) is 9.71 Å². The van der Waals surface area contributed by atoms with Crippen molar-refractivity contribution in [2.75, 3.05) is 6.54 Å². The highest BCUT2D eigenvalue weighted by molar-refractivity contribution is 7.89. The van der Waals surface area contributed by atoms with E-state index in [0.29, 0.717) is 10.6 Å². The summed E-state index contributed by atoms with van der Waals surface area (Å²) >= 11 is 1.47. The molecule has 3 aromatic rings. The summed E-state index contributed by atoms with van der Waals surface area (Å²) < 4.78 is 33.5. The number of carbonyl (C=O) groups is 1. The van der Waals surface area contributed by atoms with Gasteiger partial charge >= 0.3 is 5.97 Å². The summed E-state index contributed by atoms with van der Waals surface area (Å²) in [6.07, 6.45) is -0.0466. The van der Waals surface area contributed by atoms with E-state index < -0.39 is 16.0 Å². The van der Waals surface area contributed by atoms with Crippen LogP contribution in [0.15, 0.2) is 47.4 Å². The number of nitrogens with one attached hydrogen (secondary N) is 1. The zero-order chi connectivity index (χ0) is 19.4. The largest absolute Gasteiger partial charge is 0.458 e. The summed E-state index contributed by atoms with van der Waals surface area (Å²) in [4.78, 5) is 16.5. The number of carbonyl (C=O) groups excluding carboxylic acids is 1. The number of nitrogens with zero attached hydrogens (tertiary/aromatic N) is 1. The van der Waals surface area contributed by atoms with Gasteiger partial charge in [-0.25, -0.2) is 18.1 Å². The normalized spacial score (nSPS) is 11.6. The lowest BCUT2D eigenvalue weighted by Gasteiger charge is -2.10. The summed E-state index contributed by atoms with van der Waals surface area (Å²) in [7, 11) is -3.66. The van der Waals surface area contributed by atoms with E-state index in [1.807, 2.05) is 37.3 Å². The van der Waals surface area contributed by atoms with Crippen LogP contribution in [-0.2, 0) is 26.2 Å². The monoisotopic (exact) mass is 404 g/mol. The maximum atomic E-state index is 12.4. The lowest BCUT2D eigenvalue weighted by molar-refractivity contribution is -0.144. The van der Waals surface area contributed by atoms with Crippen LogP contribution in [0.2, 0.25) is 0 Å². The van der Waals surface area contributed by atoms with Crippen molar-refractivity contribution in [1.29, 1.82) is 0 Å². The Morgan fingerprint density at radius 1 is 1.19 bits per heavy atom. The maximum Gasteiger partial charge on any atom is 0.307 e. The molecule has 0 amide bonds. The summed E-state index contributed by atoms with van der Waals surface area (Å²) in [5.41, 5.74) is 2.39. The van der Waals surface area contributed by atoms with Gasteiger partial charge in [0, 0.05) is 6.54 Å². The van der Waals surface area contributed by atoms with E-state index in [0.717, 1.165) is 15.8 Å². The number of fused-ring (bicyclic) bond motifs is 1. The van der Waals surface area contributed by atoms with Crippen LogP contribution in [0.4, 0.5) is 0 Å². The number of aromatic nitrogens is 1. The Hall–Kier alpha value is -2.29. The Labute approximate surface area is 162 Å². The molecule has 2 aromatic carbocycles. The number of hydrogen-bond acceptors (Lipinski definition) is 6. The van der Waals surface area contributed by atoms with Crippen LogP contribution < -0.4 is 4.72 Å². The van der Waals surface area contributed by atoms with E-state index in [4.69, 9.17) is 4.74 Å². The smallest absolute Gasteiger partial charge is 0.307 e. The van der Waals surface area contributed by atoms with Crippen LogP contribution in [0.5, 0.6) is 0 Å². The van der Waals surface area contributed by atoms with Crippen molar-refractivity contribution in [2.45, 2.75) is 31.8 Å². The van der Waals surface area contributed by atoms with Crippen LogP contribution in [-0.4, -0.2) is 25.9 Å². The Morgan fingerprint density at radius 3 is 2.74 bits per heavy atom. The molecule has 0 atom stereocenters. The van der Waals surface area contributed by atoms with Crippen molar-refractivity contribution >= 4 is 37.5 Å². The number of esters is 1. The predicted octanol–water partition coefficient (Wildman–Crippen LogP) is 3.32. The van der Waals surface area contributed by atoms with E-state index in [2.05, 4.69) is 9.71 Å². The second kappa shape index (κ2) is 8.16. The first-order chi connectivity index (χ1) is 12.8. The first-order valence-electron chi connectivity index (χ1n) is 8.42. The number of benzene rings is 2. The Kier molecular flexibility index (Phi) is 5.88. The lowest BCUT2D eigenvalue weighted by atomic mass is 10.2. The van der Waals surface area contributed by atoms with Gasteiger partial charge in [-0.1, -0.05) is 24.3 Å². The topological polar surface area (TPSA) is 85.4 Å². The standard InChI is InChI=1S/C19H20N2O4S2/c1-13-7-8-14(2)17(11-13)27(23,24)20-10-9-19(22)25-12-18-21-15-5-3-4-6-16(15)26-18/h3-8,11,20H,9-10,12H2,1-2H3. The molecular weight excluding hydrogens is 384 g/mol. The van der Waals surface area contributed by atoms with Gasteiger partial charge in [0.1, 0.15) is 11.6 Å². The molecule has 142 valence electrons. The van der Waals surface area contributed by atoms with Crippen molar-refractivity contribution < 1.29 is 17.9 Å². The molecule has 0 aliphatic heterocycles. The van der Waals surface area contributed by atoms with E-state index >= 15 is 0 Å². The lowest BCUT2D eigenvalue weighted by Crippen LogP contribution is -2.27.